The summed E-state index contributed by atoms with van der Waals surface area (Å²) in [6, 6.07) is 0.273. The number of nitrogens with one attached hydrogen (secondary N) is 1. The Kier molecular flexibility index (Phi) is 4.06. The molecule has 0 radical (unpaired) electrons. The van der Waals surface area contributed by atoms with Crippen LogP contribution in [0.15, 0.2) is 12.1 Å². The number of anilines is 1. The van der Waals surface area contributed by atoms with Gasteiger partial charge in [-0.25, -0.2) is 18.0 Å². The van der Waals surface area contributed by atoms with E-state index < -0.39 is 47.1 Å². The summed E-state index contributed by atoms with van der Waals surface area (Å²) in [4.78, 5) is 24.2. The average Bonchev–Trinajstić information content (AvgIpc) is 2.81. The standard InChI is InChI=1S/C13H13F3N2O3/c1-6-7(12(19)20)4-5-18(6)13(21)17-9-3-2-8(14)10(15)11(9)16/h2-3,6-7H,4-5H2,1H3,(H,17,21)(H,19,20). The molecule has 0 saturated carbocycles. The Hall–Kier alpha value is -2.25. The number of carboxylic acid groups (broad SMARTS) is 1. The van der Waals surface area contributed by atoms with E-state index in [0.717, 1.165) is 6.07 Å². The molecule has 114 valence electrons. The highest BCUT2D eigenvalue weighted by molar-refractivity contribution is 5.90. The maximum absolute atomic E-state index is 13.5. The van der Waals surface area contributed by atoms with Crippen LogP contribution in [0.4, 0.5) is 23.7 Å². The Bertz CT molecular complexity index is 594. The minimum atomic E-state index is -1.68. The molecule has 0 spiro atoms. The molecule has 21 heavy (non-hydrogen) atoms. The second-order valence-corrected chi connectivity index (χ2v) is 4.82. The molecule has 1 aliphatic rings. The highest BCUT2D eigenvalue weighted by Crippen LogP contribution is 2.26. The fourth-order valence-corrected chi connectivity index (χ4v) is 2.37. The Morgan fingerprint density at radius 3 is 2.52 bits per heavy atom. The predicted octanol–water partition coefficient (Wildman–Crippen LogP) is 2.43. The molecule has 0 bridgehead atoms. The molecule has 2 rings (SSSR count). The van der Waals surface area contributed by atoms with Gasteiger partial charge < -0.3 is 15.3 Å². The smallest absolute Gasteiger partial charge is 0.322 e. The molecule has 5 nitrogen and oxygen atoms in total. The summed E-state index contributed by atoms with van der Waals surface area (Å²) in [7, 11) is 0. The first-order chi connectivity index (χ1) is 9.82. The molecule has 2 unspecified atom stereocenters. The third-order valence-corrected chi connectivity index (χ3v) is 3.61. The summed E-state index contributed by atoms with van der Waals surface area (Å²) < 4.78 is 39.3. The number of carbonyl (C=O) groups excluding carboxylic acids is 1. The lowest BCUT2D eigenvalue weighted by Gasteiger charge is -2.23. The van der Waals surface area contributed by atoms with Gasteiger partial charge in [-0.05, 0) is 25.5 Å². The van der Waals surface area contributed by atoms with Crippen LogP contribution >= 0.6 is 0 Å². The van der Waals surface area contributed by atoms with Gasteiger partial charge in [-0.15, -0.1) is 0 Å². The number of carboxylic acids is 1. The number of nitrogens with zero attached hydrogens (tertiary/aromatic N) is 1. The van der Waals surface area contributed by atoms with Gasteiger partial charge in [0.1, 0.15) is 0 Å². The molecule has 0 aromatic heterocycles. The van der Waals surface area contributed by atoms with Gasteiger partial charge in [0.25, 0.3) is 0 Å². The number of hydrogen-bond donors (Lipinski definition) is 2. The molecular weight excluding hydrogens is 289 g/mol. The maximum atomic E-state index is 13.5. The van der Waals surface area contributed by atoms with Crippen LogP contribution in [0.1, 0.15) is 13.3 Å². The molecule has 1 aliphatic heterocycles. The number of carbonyl (C=O) groups is 2. The average molecular weight is 302 g/mol. The number of urea groups is 1. The SMILES string of the molecule is CC1C(C(=O)O)CCN1C(=O)Nc1ccc(F)c(F)c1F. The lowest BCUT2D eigenvalue weighted by molar-refractivity contribution is -0.142. The van der Waals surface area contributed by atoms with Crippen molar-refractivity contribution in [2.75, 3.05) is 11.9 Å². The van der Waals surface area contributed by atoms with Gasteiger partial charge in [0.15, 0.2) is 17.5 Å². The van der Waals surface area contributed by atoms with Gasteiger partial charge in [0.05, 0.1) is 11.6 Å². The molecule has 2 atom stereocenters. The normalized spacial score (nSPS) is 21.4. The van der Waals surface area contributed by atoms with Crippen molar-refractivity contribution >= 4 is 17.7 Å². The van der Waals surface area contributed by atoms with Gasteiger partial charge in [0, 0.05) is 12.6 Å². The number of halogens is 3. The van der Waals surface area contributed by atoms with Crippen LogP contribution in [0.25, 0.3) is 0 Å². The lowest BCUT2D eigenvalue weighted by atomic mass is 10.0. The van der Waals surface area contributed by atoms with Crippen LogP contribution in [-0.4, -0.2) is 34.6 Å². The van der Waals surface area contributed by atoms with E-state index in [4.69, 9.17) is 5.11 Å². The van der Waals surface area contributed by atoms with Crippen LogP contribution in [0, 0.1) is 23.4 Å². The van der Waals surface area contributed by atoms with Crippen molar-refractivity contribution in [3.63, 3.8) is 0 Å². The van der Waals surface area contributed by atoms with Crippen molar-refractivity contribution in [2.24, 2.45) is 5.92 Å². The number of aliphatic carboxylic acids is 1. The van der Waals surface area contributed by atoms with Crippen molar-refractivity contribution in [3.05, 3.63) is 29.6 Å². The third kappa shape index (κ3) is 2.79. The molecule has 1 aromatic carbocycles. The highest BCUT2D eigenvalue weighted by atomic mass is 19.2. The van der Waals surface area contributed by atoms with Crippen molar-refractivity contribution in [3.8, 4) is 0 Å². The largest absolute Gasteiger partial charge is 0.481 e. The first-order valence-electron chi connectivity index (χ1n) is 6.27. The fourth-order valence-electron chi connectivity index (χ4n) is 2.37. The second-order valence-electron chi connectivity index (χ2n) is 4.82. The van der Waals surface area contributed by atoms with E-state index >= 15 is 0 Å². The molecule has 1 saturated heterocycles. The number of amides is 2. The van der Waals surface area contributed by atoms with Crippen LogP contribution in [0.2, 0.25) is 0 Å². The van der Waals surface area contributed by atoms with E-state index in [-0.39, 0.29) is 13.0 Å². The lowest BCUT2D eigenvalue weighted by Crippen LogP contribution is -2.40. The monoisotopic (exact) mass is 302 g/mol. The zero-order chi connectivity index (χ0) is 15.7. The zero-order valence-electron chi connectivity index (χ0n) is 11.1. The number of likely N-dealkylation sites (tertiary alicyclic amines) is 1. The molecular formula is C13H13F3N2O3. The molecule has 1 aromatic rings. The van der Waals surface area contributed by atoms with Gasteiger partial charge in [-0.2, -0.15) is 0 Å². The maximum Gasteiger partial charge on any atom is 0.322 e. The summed E-state index contributed by atoms with van der Waals surface area (Å²) in [6.07, 6.45) is 0.282. The van der Waals surface area contributed by atoms with Crippen molar-refractivity contribution in [1.29, 1.82) is 0 Å². The van der Waals surface area contributed by atoms with Crippen molar-refractivity contribution in [1.82, 2.24) is 4.90 Å². The van der Waals surface area contributed by atoms with Gasteiger partial charge in [-0.3, -0.25) is 4.79 Å². The first kappa shape index (κ1) is 15.1. The predicted molar refractivity (Wildman–Crippen MR) is 67.2 cm³/mol. The van der Waals surface area contributed by atoms with E-state index in [9.17, 15) is 22.8 Å². The molecule has 1 fully saturated rings. The Balaban J connectivity index is 2.13. The van der Waals surface area contributed by atoms with Gasteiger partial charge in [0.2, 0.25) is 0 Å². The Labute approximate surface area is 118 Å². The minimum Gasteiger partial charge on any atom is -0.481 e. The summed E-state index contributed by atoms with van der Waals surface area (Å²) in [6.45, 7) is 1.75. The zero-order valence-corrected chi connectivity index (χ0v) is 11.1. The first-order valence-corrected chi connectivity index (χ1v) is 6.27. The topological polar surface area (TPSA) is 69.6 Å². The highest BCUT2D eigenvalue weighted by Gasteiger charge is 2.38. The van der Waals surface area contributed by atoms with E-state index in [1.54, 1.807) is 6.92 Å². The number of hydrogen-bond acceptors (Lipinski definition) is 2. The van der Waals surface area contributed by atoms with E-state index in [0.29, 0.717) is 6.07 Å². The summed E-state index contributed by atoms with van der Waals surface area (Å²) >= 11 is 0. The van der Waals surface area contributed by atoms with Crippen LogP contribution < -0.4 is 5.32 Å². The van der Waals surface area contributed by atoms with Crippen molar-refractivity contribution in [2.45, 2.75) is 19.4 Å². The van der Waals surface area contributed by atoms with E-state index in [1.165, 1.54) is 4.90 Å². The van der Waals surface area contributed by atoms with E-state index in [1.807, 2.05) is 0 Å². The molecule has 1 heterocycles. The summed E-state index contributed by atoms with van der Waals surface area (Å²) in [5, 5.41) is 11.1. The van der Waals surface area contributed by atoms with Crippen LogP contribution in [0.3, 0.4) is 0 Å². The Morgan fingerprint density at radius 1 is 1.29 bits per heavy atom. The molecule has 0 aliphatic carbocycles. The van der Waals surface area contributed by atoms with Gasteiger partial charge in [-0.1, -0.05) is 0 Å². The molecule has 2 amide bonds. The number of rotatable bonds is 2. The van der Waals surface area contributed by atoms with Crippen LogP contribution in [0.5, 0.6) is 0 Å². The summed E-state index contributed by atoms with van der Waals surface area (Å²) in [5.74, 6) is -6.25. The van der Waals surface area contributed by atoms with Crippen molar-refractivity contribution < 1.29 is 27.9 Å². The third-order valence-electron chi connectivity index (χ3n) is 3.61. The van der Waals surface area contributed by atoms with Gasteiger partial charge >= 0.3 is 12.0 Å². The quantitative estimate of drug-likeness (QED) is 0.824. The molecule has 2 N–H and O–H groups in total. The van der Waals surface area contributed by atoms with E-state index in [2.05, 4.69) is 5.32 Å². The fraction of sp³-hybridized carbons (Fsp3) is 0.385. The Morgan fingerprint density at radius 2 is 1.95 bits per heavy atom. The second kappa shape index (κ2) is 5.63. The summed E-state index contributed by atoms with van der Waals surface area (Å²) in [5.41, 5.74) is -0.495. The number of benzene rings is 1. The minimum absolute atomic E-state index is 0.190. The van der Waals surface area contributed by atoms with Crippen LogP contribution in [-0.2, 0) is 4.79 Å². The molecule has 8 heteroatoms.